The third kappa shape index (κ3) is 4.67. The van der Waals surface area contributed by atoms with Crippen molar-refractivity contribution >= 4 is 6.03 Å². The predicted molar refractivity (Wildman–Crippen MR) is 87.9 cm³/mol. The zero-order chi connectivity index (χ0) is 16.9. The van der Waals surface area contributed by atoms with Crippen LogP contribution in [0.15, 0.2) is 0 Å². The fourth-order valence-electron chi connectivity index (χ4n) is 2.77. The molecule has 2 atom stereocenters. The summed E-state index contributed by atoms with van der Waals surface area (Å²) in [4.78, 5) is 11.9. The van der Waals surface area contributed by atoms with E-state index < -0.39 is 5.60 Å². The standard InChI is InChI=1S/C16H29N5O2/c1-4-12(2)16(3,23)11-18-15(22)17-10-14-20-19-13-8-6-5-7-9-21(13)14/h12,23H,4-11H2,1-3H3,(H2,17,18,22). The molecule has 2 unspecified atom stereocenters. The van der Waals surface area contributed by atoms with Crippen molar-refractivity contribution in [1.82, 2.24) is 25.4 Å². The first-order valence-corrected chi connectivity index (χ1v) is 8.59. The second-order valence-electron chi connectivity index (χ2n) is 6.70. The van der Waals surface area contributed by atoms with Crippen LogP contribution in [0, 0.1) is 5.92 Å². The van der Waals surface area contributed by atoms with Gasteiger partial charge in [-0.3, -0.25) is 0 Å². The highest BCUT2D eigenvalue weighted by molar-refractivity contribution is 5.73. The molecule has 130 valence electrons. The Morgan fingerprint density at radius 2 is 2.13 bits per heavy atom. The number of fused-ring (bicyclic) bond motifs is 1. The van der Waals surface area contributed by atoms with E-state index in [0.29, 0.717) is 6.54 Å². The second kappa shape index (κ2) is 7.77. The van der Waals surface area contributed by atoms with Gasteiger partial charge in [0.2, 0.25) is 0 Å². The Labute approximate surface area is 137 Å². The molecule has 2 rings (SSSR count). The third-order valence-corrected chi connectivity index (χ3v) is 4.87. The van der Waals surface area contributed by atoms with Gasteiger partial charge in [0.25, 0.3) is 0 Å². The number of hydrogen-bond donors (Lipinski definition) is 3. The lowest BCUT2D eigenvalue weighted by Crippen LogP contribution is -2.47. The number of aromatic nitrogens is 3. The van der Waals surface area contributed by atoms with Crippen LogP contribution in [-0.2, 0) is 19.5 Å². The van der Waals surface area contributed by atoms with E-state index in [9.17, 15) is 9.90 Å². The van der Waals surface area contributed by atoms with Crippen molar-refractivity contribution in [3.63, 3.8) is 0 Å². The molecule has 0 radical (unpaired) electrons. The normalized spacial score (nSPS) is 18.4. The minimum absolute atomic E-state index is 0.120. The van der Waals surface area contributed by atoms with Crippen molar-refractivity contribution < 1.29 is 9.90 Å². The fourth-order valence-corrected chi connectivity index (χ4v) is 2.77. The van der Waals surface area contributed by atoms with Crippen LogP contribution in [0.5, 0.6) is 0 Å². The number of aliphatic hydroxyl groups is 1. The van der Waals surface area contributed by atoms with Crippen molar-refractivity contribution in [2.45, 2.75) is 71.6 Å². The van der Waals surface area contributed by atoms with Crippen LogP contribution < -0.4 is 10.6 Å². The summed E-state index contributed by atoms with van der Waals surface area (Å²) in [5.74, 6) is 1.93. The van der Waals surface area contributed by atoms with E-state index in [-0.39, 0.29) is 18.5 Å². The highest BCUT2D eigenvalue weighted by atomic mass is 16.3. The van der Waals surface area contributed by atoms with Crippen LogP contribution >= 0.6 is 0 Å². The lowest BCUT2D eigenvalue weighted by molar-refractivity contribution is 0.00790. The number of nitrogens with zero attached hydrogens (tertiary/aromatic N) is 3. The number of carbonyl (C=O) groups excluding carboxylic acids is 1. The first-order valence-electron chi connectivity index (χ1n) is 8.59. The predicted octanol–water partition coefficient (Wildman–Crippen LogP) is 1.60. The number of carbonyl (C=O) groups is 1. The Morgan fingerprint density at radius 3 is 2.87 bits per heavy atom. The summed E-state index contributed by atoms with van der Waals surface area (Å²) in [6.45, 7) is 7.25. The summed E-state index contributed by atoms with van der Waals surface area (Å²) in [6.07, 6.45) is 5.30. The van der Waals surface area contributed by atoms with Gasteiger partial charge in [0, 0.05) is 19.5 Å². The summed E-state index contributed by atoms with van der Waals surface area (Å²) in [7, 11) is 0. The first-order chi connectivity index (χ1) is 10.9. The molecule has 23 heavy (non-hydrogen) atoms. The van der Waals surface area contributed by atoms with Crippen LogP contribution in [-0.4, -0.2) is 38.0 Å². The maximum Gasteiger partial charge on any atom is 0.315 e. The molecule has 1 aliphatic heterocycles. The number of rotatable bonds is 6. The maximum atomic E-state index is 11.9. The average molecular weight is 323 g/mol. The summed E-state index contributed by atoms with van der Waals surface area (Å²) in [5, 5.41) is 24.2. The molecule has 1 aliphatic rings. The second-order valence-corrected chi connectivity index (χ2v) is 6.70. The molecule has 0 saturated heterocycles. The Hall–Kier alpha value is -1.63. The smallest absolute Gasteiger partial charge is 0.315 e. The molecule has 0 aliphatic carbocycles. The van der Waals surface area contributed by atoms with Gasteiger partial charge < -0.3 is 20.3 Å². The summed E-state index contributed by atoms with van der Waals surface area (Å²) in [5.41, 5.74) is -0.905. The van der Waals surface area contributed by atoms with Crippen LogP contribution in [0.1, 0.15) is 58.1 Å². The first kappa shape index (κ1) is 17.7. The molecule has 7 heteroatoms. The molecule has 7 nitrogen and oxygen atoms in total. The highest BCUT2D eigenvalue weighted by Gasteiger charge is 2.27. The molecule has 0 bridgehead atoms. The van der Waals surface area contributed by atoms with Gasteiger partial charge in [0.15, 0.2) is 5.82 Å². The van der Waals surface area contributed by atoms with Crippen molar-refractivity contribution in [1.29, 1.82) is 0 Å². The molecule has 0 fully saturated rings. The zero-order valence-corrected chi connectivity index (χ0v) is 14.4. The Balaban J connectivity index is 1.82. The number of hydrogen-bond acceptors (Lipinski definition) is 4. The van der Waals surface area contributed by atoms with Crippen LogP contribution in [0.4, 0.5) is 4.79 Å². The largest absolute Gasteiger partial charge is 0.388 e. The summed E-state index contributed by atoms with van der Waals surface area (Å²) >= 11 is 0. The van der Waals surface area contributed by atoms with Gasteiger partial charge in [-0.05, 0) is 25.7 Å². The van der Waals surface area contributed by atoms with Gasteiger partial charge in [-0.25, -0.2) is 4.79 Å². The van der Waals surface area contributed by atoms with Crippen molar-refractivity contribution in [3.8, 4) is 0 Å². The van der Waals surface area contributed by atoms with Crippen molar-refractivity contribution in [2.24, 2.45) is 5.92 Å². The third-order valence-electron chi connectivity index (χ3n) is 4.87. The lowest BCUT2D eigenvalue weighted by Gasteiger charge is -2.29. The Kier molecular flexibility index (Phi) is 5.98. The molecule has 0 spiro atoms. The van der Waals surface area contributed by atoms with Crippen molar-refractivity contribution in [3.05, 3.63) is 11.6 Å². The quantitative estimate of drug-likeness (QED) is 0.741. The molecule has 3 N–H and O–H groups in total. The van der Waals surface area contributed by atoms with Crippen molar-refractivity contribution in [2.75, 3.05) is 6.54 Å². The molecule has 1 aromatic rings. The van der Waals surface area contributed by atoms with Crippen LogP contribution in [0.25, 0.3) is 0 Å². The van der Waals surface area contributed by atoms with E-state index in [2.05, 4.69) is 25.4 Å². The van der Waals surface area contributed by atoms with Gasteiger partial charge in [-0.15, -0.1) is 10.2 Å². The topological polar surface area (TPSA) is 92.1 Å². The number of urea groups is 1. The van der Waals surface area contributed by atoms with Gasteiger partial charge in [-0.2, -0.15) is 0 Å². The number of nitrogens with one attached hydrogen (secondary N) is 2. The SMILES string of the molecule is CCC(C)C(C)(O)CNC(=O)NCc1nnc2n1CCCCC2. The molecule has 1 aromatic heterocycles. The minimum Gasteiger partial charge on any atom is -0.388 e. The highest BCUT2D eigenvalue weighted by Crippen LogP contribution is 2.18. The monoisotopic (exact) mass is 323 g/mol. The van der Waals surface area contributed by atoms with Crippen LogP contribution in [0.3, 0.4) is 0 Å². The van der Waals surface area contributed by atoms with E-state index in [4.69, 9.17) is 0 Å². The van der Waals surface area contributed by atoms with E-state index >= 15 is 0 Å². The van der Waals surface area contributed by atoms with Gasteiger partial charge in [-0.1, -0.05) is 26.7 Å². The van der Waals surface area contributed by atoms with Gasteiger partial charge in [0.1, 0.15) is 5.82 Å². The van der Waals surface area contributed by atoms with E-state index in [1.54, 1.807) is 6.92 Å². The lowest BCUT2D eigenvalue weighted by atomic mass is 9.89. The van der Waals surface area contributed by atoms with E-state index in [0.717, 1.165) is 43.9 Å². The molecule has 0 aromatic carbocycles. The number of aryl methyl sites for hydroxylation is 1. The minimum atomic E-state index is -0.905. The average Bonchev–Trinajstić information content (AvgIpc) is 2.76. The molecule has 0 saturated carbocycles. The van der Waals surface area contributed by atoms with Gasteiger partial charge in [0.05, 0.1) is 12.1 Å². The number of amides is 2. The fraction of sp³-hybridized carbons (Fsp3) is 0.812. The molecular weight excluding hydrogens is 294 g/mol. The van der Waals surface area contributed by atoms with E-state index in [1.165, 1.54) is 6.42 Å². The molecular formula is C16H29N5O2. The Morgan fingerprint density at radius 1 is 1.35 bits per heavy atom. The molecule has 2 heterocycles. The zero-order valence-electron chi connectivity index (χ0n) is 14.4. The van der Waals surface area contributed by atoms with Gasteiger partial charge >= 0.3 is 6.03 Å². The summed E-state index contributed by atoms with van der Waals surface area (Å²) in [6, 6.07) is -0.292. The van der Waals surface area contributed by atoms with E-state index in [1.807, 2.05) is 13.8 Å². The Bertz CT molecular complexity index is 527. The molecule has 2 amide bonds. The maximum absolute atomic E-state index is 11.9. The summed E-state index contributed by atoms with van der Waals surface area (Å²) < 4.78 is 2.11. The van der Waals surface area contributed by atoms with Crippen LogP contribution in [0.2, 0.25) is 0 Å².